The van der Waals surface area contributed by atoms with E-state index in [4.69, 9.17) is 0 Å². The first-order valence-electron chi connectivity index (χ1n) is 11.2. The number of aryl methyl sites for hydroxylation is 1. The van der Waals surface area contributed by atoms with Gasteiger partial charge in [-0.15, -0.1) is 0 Å². The molecule has 1 aliphatic carbocycles. The fourth-order valence-corrected chi connectivity index (χ4v) is 4.07. The maximum atomic E-state index is 13.2. The van der Waals surface area contributed by atoms with Crippen LogP contribution in [-0.4, -0.2) is 41.8 Å². The van der Waals surface area contributed by atoms with E-state index < -0.39 is 29.5 Å². The largest absolute Gasteiger partial charge is 0.416 e. The lowest BCUT2D eigenvalue weighted by atomic mass is 9.93. The Labute approximate surface area is 196 Å². The summed E-state index contributed by atoms with van der Waals surface area (Å²) in [4.78, 5) is 39.3. The van der Waals surface area contributed by atoms with E-state index in [2.05, 4.69) is 10.6 Å². The van der Waals surface area contributed by atoms with Crippen molar-refractivity contribution < 1.29 is 27.6 Å². The summed E-state index contributed by atoms with van der Waals surface area (Å²) >= 11 is 0. The first-order valence-corrected chi connectivity index (χ1v) is 11.2. The number of carbonyl (C=O) groups excluding carboxylic acids is 3. The van der Waals surface area contributed by atoms with Gasteiger partial charge in [0, 0.05) is 17.3 Å². The van der Waals surface area contributed by atoms with Crippen LogP contribution in [-0.2, 0) is 15.8 Å². The molecule has 2 aromatic carbocycles. The number of nitrogens with zero attached hydrogens (tertiary/aromatic N) is 1. The Morgan fingerprint density at radius 3 is 2.35 bits per heavy atom. The molecule has 1 fully saturated rings. The van der Waals surface area contributed by atoms with Crippen LogP contribution in [0, 0.1) is 6.92 Å². The van der Waals surface area contributed by atoms with E-state index >= 15 is 0 Å². The van der Waals surface area contributed by atoms with Crippen LogP contribution in [0.2, 0.25) is 0 Å². The second kappa shape index (κ2) is 11.2. The maximum absolute atomic E-state index is 13.2. The minimum atomic E-state index is -4.58. The van der Waals surface area contributed by atoms with E-state index in [-0.39, 0.29) is 24.7 Å². The summed E-state index contributed by atoms with van der Waals surface area (Å²) in [6, 6.07) is 11.2. The van der Waals surface area contributed by atoms with Gasteiger partial charge in [0.2, 0.25) is 11.8 Å². The zero-order chi connectivity index (χ0) is 24.7. The number of nitrogens with one attached hydrogen (secondary N) is 2. The molecule has 0 atom stereocenters. The first kappa shape index (κ1) is 25.3. The molecule has 0 radical (unpaired) electrons. The van der Waals surface area contributed by atoms with E-state index in [0.29, 0.717) is 18.5 Å². The van der Waals surface area contributed by atoms with Gasteiger partial charge in [0.05, 0.1) is 12.1 Å². The highest BCUT2D eigenvalue weighted by molar-refractivity contribution is 5.98. The molecule has 0 aliphatic heterocycles. The summed E-state index contributed by atoms with van der Waals surface area (Å²) in [6.07, 6.45) is -0.478. The second-order valence-corrected chi connectivity index (χ2v) is 8.50. The third-order valence-corrected chi connectivity index (χ3v) is 5.78. The van der Waals surface area contributed by atoms with E-state index in [1.807, 2.05) is 13.0 Å². The van der Waals surface area contributed by atoms with Gasteiger partial charge in [-0.05, 0) is 55.7 Å². The number of halogens is 3. The first-order chi connectivity index (χ1) is 16.1. The zero-order valence-electron chi connectivity index (χ0n) is 19.0. The molecule has 0 spiro atoms. The van der Waals surface area contributed by atoms with Crippen molar-refractivity contribution in [2.75, 3.05) is 18.4 Å². The van der Waals surface area contributed by atoms with Crippen LogP contribution in [0.5, 0.6) is 0 Å². The van der Waals surface area contributed by atoms with Gasteiger partial charge in [0.15, 0.2) is 0 Å². The number of carbonyl (C=O) groups is 3. The predicted octanol–water partition coefficient (Wildman–Crippen LogP) is 4.54. The number of amides is 3. The number of alkyl halides is 3. The Hall–Kier alpha value is -3.36. The van der Waals surface area contributed by atoms with Crippen molar-refractivity contribution in [3.63, 3.8) is 0 Å². The van der Waals surface area contributed by atoms with E-state index in [9.17, 15) is 27.6 Å². The Morgan fingerprint density at radius 2 is 1.68 bits per heavy atom. The van der Waals surface area contributed by atoms with Crippen molar-refractivity contribution in [2.45, 2.75) is 51.2 Å². The molecule has 9 heteroatoms. The standard InChI is InChI=1S/C25H28F3N3O3/c1-17-7-5-10-20(13-17)30-22(32)15-29-23(33)16-31(21-11-3-2-4-12-21)24(34)18-8-6-9-19(14-18)25(26,27)28/h5-10,13-14,21H,2-4,11-12,15-16H2,1H3,(H,29,33)(H,30,32). The van der Waals surface area contributed by atoms with Crippen molar-refractivity contribution in [3.8, 4) is 0 Å². The minimum absolute atomic E-state index is 0.120. The Bertz CT molecular complexity index is 1030. The lowest BCUT2D eigenvalue weighted by Gasteiger charge is -2.34. The van der Waals surface area contributed by atoms with Crippen LogP contribution < -0.4 is 10.6 Å². The third-order valence-electron chi connectivity index (χ3n) is 5.78. The smallest absolute Gasteiger partial charge is 0.345 e. The normalized spacial score (nSPS) is 14.4. The Balaban J connectivity index is 1.67. The molecule has 2 N–H and O–H groups in total. The van der Waals surface area contributed by atoms with Crippen molar-refractivity contribution in [2.24, 2.45) is 0 Å². The molecule has 2 aromatic rings. The summed E-state index contributed by atoms with van der Waals surface area (Å²) in [5.41, 5.74) is 0.533. The fraction of sp³-hybridized carbons (Fsp3) is 0.400. The molecular formula is C25H28F3N3O3. The number of hydrogen-bond donors (Lipinski definition) is 2. The van der Waals surface area contributed by atoms with Crippen LogP contribution in [0.3, 0.4) is 0 Å². The van der Waals surface area contributed by atoms with Crippen molar-refractivity contribution in [3.05, 3.63) is 65.2 Å². The van der Waals surface area contributed by atoms with Crippen LogP contribution >= 0.6 is 0 Å². The molecular weight excluding hydrogens is 447 g/mol. The molecule has 3 rings (SSSR count). The van der Waals surface area contributed by atoms with E-state index in [0.717, 1.165) is 37.0 Å². The summed E-state index contributed by atoms with van der Waals surface area (Å²) in [5, 5.41) is 5.19. The van der Waals surface area contributed by atoms with Gasteiger partial charge in [-0.3, -0.25) is 14.4 Å². The minimum Gasteiger partial charge on any atom is -0.345 e. The van der Waals surface area contributed by atoms with E-state index in [1.165, 1.54) is 17.0 Å². The Morgan fingerprint density at radius 1 is 0.971 bits per heavy atom. The molecule has 6 nitrogen and oxygen atoms in total. The van der Waals surface area contributed by atoms with Gasteiger partial charge in [0.25, 0.3) is 5.91 Å². The lowest BCUT2D eigenvalue weighted by Crippen LogP contribution is -2.48. The molecule has 0 aromatic heterocycles. The lowest BCUT2D eigenvalue weighted by molar-refractivity contribution is -0.137. The summed E-state index contributed by atoms with van der Waals surface area (Å²) in [5.74, 6) is -1.60. The topological polar surface area (TPSA) is 78.5 Å². The predicted molar refractivity (Wildman–Crippen MR) is 122 cm³/mol. The number of rotatable bonds is 7. The highest BCUT2D eigenvalue weighted by atomic mass is 19.4. The molecule has 0 bridgehead atoms. The second-order valence-electron chi connectivity index (χ2n) is 8.50. The van der Waals surface area contributed by atoms with Gasteiger partial charge in [0.1, 0.15) is 6.54 Å². The van der Waals surface area contributed by atoms with E-state index in [1.54, 1.807) is 18.2 Å². The SMILES string of the molecule is Cc1cccc(NC(=O)CNC(=O)CN(C(=O)c2cccc(C(F)(F)F)c2)C2CCCCC2)c1. The van der Waals surface area contributed by atoms with Gasteiger partial charge >= 0.3 is 6.18 Å². The van der Waals surface area contributed by atoms with Crippen molar-refractivity contribution in [1.82, 2.24) is 10.2 Å². The summed E-state index contributed by atoms with van der Waals surface area (Å²) in [7, 11) is 0. The average molecular weight is 476 g/mol. The Kier molecular flexibility index (Phi) is 8.31. The molecule has 3 amide bonds. The number of hydrogen-bond acceptors (Lipinski definition) is 3. The third kappa shape index (κ3) is 7.07. The van der Waals surface area contributed by atoms with Crippen LogP contribution in [0.25, 0.3) is 0 Å². The molecule has 0 saturated heterocycles. The average Bonchev–Trinajstić information content (AvgIpc) is 2.81. The maximum Gasteiger partial charge on any atom is 0.416 e. The molecule has 182 valence electrons. The monoisotopic (exact) mass is 475 g/mol. The number of anilines is 1. The molecule has 1 saturated carbocycles. The van der Waals surface area contributed by atoms with Gasteiger partial charge < -0.3 is 15.5 Å². The van der Waals surface area contributed by atoms with Gasteiger partial charge in [-0.25, -0.2) is 0 Å². The van der Waals surface area contributed by atoms with Crippen molar-refractivity contribution >= 4 is 23.4 Å². The van der Waals surface area contributed by atoms with Gasteiger partial charge in [-0.2, -0.15) is 13.2 Å². The summed E-state index contributed by atoms with van der Waals surface area (Å²) < 4.78 is 39.4. The summed E-state index contributed by atoms with van der Waals surface area (Å²) in [6.45, 7) is 1.26. The molecule has 0 unspecified atom stereocenters. The van der Waals surface area contributed by atoms with Gasteiger partial charge in [-0.1, -0.05) is 37.5 Å². The quantitative estimate of drug-likeness (QED) is 0.617. The number of benzene rings is 2. The zero-order valence-corrected chi connectivity index (χ0v) is 19.0. The highest BCUT2D eigenvalue weighted by Crippen LogP contribution is 2.30. The highest BCUT2D eigenvalue weighted by Gasteiger charge is 2.33. The van der Waals surface area contributed by atoms with Crippen LogP contribution in [0.15, 0.2) is 48.5 Å². The molecule has 34 heavy (non-hydrogen) atoms. The molecule has 0 heterocycles. The fourth-order valence-electron chi connectivity index (χ4n) is 4.07. The molecule has 1 aliphatic rings. The van der Waals surface area contributed by atoms with Crippen LogP contribution in [0.1, 0.15) is 53.6 Å². The van der Waals surface area contributed by atoms with Crippen molar-refractivity contribution in [1.29, 1.82) is 0 Å². The van der Waals surface area contributed by atoms with Crippen LogP contribution in [0.4, 0.5) is 18.9 Å².